The summed E-state index contributed by atoms with van der Waals surface area (Å²) < 4.78 is 2.26. The van der Waals surface area contributed by atoms with Crippen molar-refractivity contribution in [1.82, 2.24) is 14.9 Å². The number of carbonyl (C=O) groups excluding carboxylic acids is 1. The number of thioether (sulfide) groups is 1. The maximum absolute atomic E-state index is 12.2. The first-order chi connectivity index (χ1) is 17.3. The van der Waals surface area contributed by atoms with E-state index in [4.69, 9.17) is 4.98 Å². The highest BCUT2D eigenvalue weighted by Crippen LogP contribution is 2.38. The fraction of sp³-hybridized carbons (Fsp3) is 0.267. The molecule has 0 aliphatic carbocycles. The lowest BCUT2D eigenvalue weighted by molar-refractivity contribution is -0.121. The molecular formula is C30H33N3OS. The number of nitrogens with one attached hydrogen (secondary N) is 1. The van der Waals surface area contributed by atoms with Crippen molar-refractivity contribution in [2.75, 3.05) is 12.3 Å². The van der Waals surface area contributed by atoms with E-state index in [1.165, 1.54) is 0 Å². The number of hydrogen-bond donors (Lipinski definition) is 1. The van der Waals surface area contributed by atoms with Crippen molar-refractivity contribution in [2.45, 2.75) is 44.2 Å². The summed E-state index contributed by atoms with van der Waals surface area (Å²) in [6.07, 6.45) is 4.73. The molecule has 1 aromatic heterocycles. The first kappa shape index (κ1) is 24.8. The number of benzene rings is 3. The van der Waals surface area contributed by atoms with Crippen LogP contribution >= 0.6 is 11.8 Å². The van der Waals surface area contributed by atoms with E-state index in [0.29, 0.717) is 6.42 Å². The zero-order chi connectivity index (χ0) is 24.3. The molecule has 1 N–H and O–H groups in total. The first-order valence-electron chi connectivity index (χ1n) is 12.5. The highest BCUT2D eigenvalue weighted by Gasteiger charge is 2.21. The van der Waals surface area contributed by atoms with Crippen LogP contribution in [0, 0.1) is 0 Å². The molecule has 0 bridgehead atoms. The average Bonchev–Trinajstić information content (AvgIpc) is 3.30. The second-order valence-corrected chi connectivity index (χ2v) is 9.57. The van der Waals surface area contributed by atoms with Gasteiger partial charge in [-0.2, -0.15) is 0 Å². The predicted molar refractivity (Wildman–Crippen MR) is 147 cm³/mol. The monoisotopic (exact) mass is 483 g/mol. The predicted octanol–water partition coefficient (Wildman–Crippen LogP) is 7.39. The van der Waals surface area contributed by atoms with Gasteiger partial charge in [0, 0.05) is 35.5 Å². The van der Waals surface area contributed by atoms with E-state index in [2.05, 4.69) is 89.6 Å². The molecule has 0 spiro atoms. The zero-order valence-electron chi connectivity index (χ0n) is 20.3. The van der Waals surface area contributed by atoms with E-state index < -0.39 is 0 Å². The molecule has 0 saturated heterocycles. The largest absolute Gasteiger partial charge is 0.356 e. The van der Waals surface area contributed by atoms with Gasteiger partial charge < -0.3 is 5.32 Å². The van der Waals surface area contributed by atoms with Crippen molar-refractivity contribution >= 4 is 17.7 Å². The van der Waals surface area contributed by atoms with Crippen LogP contribution in [-0.2, 0) is 4.79 Å². The van der Waals surface area contributed by atoms with Gasteiger partial charge in [0.25, 0.3) is 0 Å². The number of para-hydroxylation sites is 1. The quantitative estimate of drug-likeness (QED) is 0.169. The SMILES string of the molecule is CCCCCNC(=O)CCCSc1nc(-c2ccccc2)c(-c2ccccc2)n1-c1ccccc1. The number of nitrogens with zero attached hydrogens (tertiary/aromatic N) is 2. The summed E-state index contributed by atoms with van der Waals surface area (Å²) in [7, 11) is 0. The molecule has 0 atom stereocenters. The van der Waals surface area contributed by atoms with Gasteiger partial charge in [-0.05, 0) is 25.0 Å². The number of rotatable bonds is 12. The number of unbranched alkanes of at least 4 members (excludes halogenated alkanes) is 2. The zero-order valence-corrected chi connectivity index (χ0v) is 21.1. The fourth-order valence-electron chi connectivity index (χ4n) is 4.06. The third-order valence-corrected chi connectivity index (χ3v) is 6.86. The molecule has 4 rings (SSSR count). The summed E-state index contributed by atoms with van der Waals surface area (Å²) in [5.41, 5.74) is 5.35. The molecule has 0 radical (unpaired) electrons. The Morgan fingerprint density at radius 2 is 1.46 bits per heavy atom. The van der Waals surface area contributed by atoms with Crippen molar-refractivity contribution in [3.63, 3.8) is 0 Å². The minimum absolute atomic E-state index is 0.142. The van der Waals surface area contributed by atoms with E-state index in [0.717, 1.165) is 71.3 Å². The van der Waals surface area contributed by atoms with Crippen LogP contribution in [0.5, 0.6) is 0 Å². The molecule has 180 valence electrons. The van der Waals surface area contributed by atoms with Crippen molar-refractivity contribution in [2.24, 2.45) is 0 Å². The Kier molecular flexibility index (Phi) is 9.18. The molecule has 0 aliphatic rings. The van der Waals surface area contributed by atoms with Crippen molar-refractivity contribution in [3.8, 4) is 28.2 Å². The topological polar surface area (TPSA) is 46.9 Å². The van der Waals surface area contributed by atoms with E-state index in [1.807, 2.05) is 18.2 Å². The summed E-state index contributed by atoms with van der Waals surface area (Å²) in [5.74, 6) is 0.970. The van der Waals surface area contributed by atoms with Crippen LogP contribution in [0.2, 0.25) is 0 Å². The number of aromatic nitrogens is 2. The summed E-state index contributed by atoms with van der Waals surface area (Å²) >= 11 is 1.71. The molecule has 4 nitrogen and oxygen atoms in total. The lowest BCUT2D eigenvalue weighted by Crippen LogP contribution is -2.24. The number of hydrogen-bond acceptors (Lipinski definition) is 3. The standard InChI is InChI=1S/C30H33N3OS/c1-2-3-13-22-31-27(34)21-14-23-35-30-32-28(24-15-7-4-8-16-24)29(25-17-9-5-10-18-25)33(30)26-19-11-6-12-20-26/h4-12,15-20H,2-3,13-14,21-23H2,1H3,(H,31,34). The van der Waals surface area contributed by atoms with Crippen LogP contribution in [0.4, 0.5) is 0 Å². The van der Waals surface area contributed by atoms with Gasteiger partial charge in [-0.25, -0.2) is 4.98 Å². The Bertz CT molecular complexity index is 1190. The van der Waals surface area contributed by atoms with Gasteiger partial charge in [-0.1, -0.05) is 110 Å². The van der Waals surface area contributed by atoms with E-state index >= 15 is 0 Å². The minimum Gasteiger partial charge on any atom is -0.356 e. The minimum atomic E-state index is 0.142. The first-order valence-corrected chi connectivity index (χ1v) is 13.4. The Morgan fingerprint density at radius 3 is 2.11 bits per heavy atom. The van der Waals surface area contributed by atoms with Crippen LogP contribution in [-0.4, -0.2) is 27.8 Å². The Balaban J connectivity index is 1.61. The Hall–Kier alpha value is -3.31. The molecule has 1 amide bonds. The Morgan fingerprint density at radius 1 is 0.829 bits per heavy atom. The van der Waals surface area contributed by atoms with Gasteiger partial charge in [0.1, 0.15) is 0 Å². The van der Waals surface area contributed by atoms with Crippen molar-refractivity contribution < 1.29 is 4.79 Å². The molecule has 0 saturated carbocycles. The molecule has 1 heterocycles. The molecule has 0 aliphatic heterocycles. The average molecular weight is 484 g/mol. The van der Waals surface area contributed by atoms with E-state index in [9.17, 15) is 4.79 Å². The molecule has 3 aromatic carbocycles. The normalized spacial score (nSPS) is 10.9. The van der Waals surface area contributed by atoms with Crippen molar-refractivity contribution in [3.05, 3.63) is 91.0 Å². The van der Waals surface area contributed by atoms with Crippen LogP contribution in [0.25, 0.3) is 28.2 Å². The third-order valence-electron chi connectivity index (χ3n) is 5.84. The van der Waals surface area contributed by atoms with Gasteiger partial charge in [0.2, 0.25) is 5.91 Å². The molecule has 5 heteroatoms. The van der Waals surface area contributed by atoms with Crippen LogP contribution in [0.1, 0.15) is 39.0 Å². The molecule has 0 fully saturated rings. The van der Waals surface area contributed by atoms with Crippen LogP contribution in [0.3, 0.4) is 0 Å². The van der Waals surface area contributed by atoms with E-state index in [1.54, 1.807) is 11.8 Å². The van der Waals surface area contributed by atoms with E-state index in [-0.39, 0.29) is 5.91 Å². The molecule has 0 unspecified atom stereocenters. The smallest absolute Gasteiger partial charge is 0.220 e. The molecule has 4 aromatic rings. The highest BCUT2D eigenvalue weighted by atomic mass is 32.2. The summed E-state index contributed by atoms with van der Waals surface area (Å²) in [6, 6.07) is 31.2. The van der Waals surface area contributed by atoms with Gasteiger partial charge in [0.05, 0.1) is 11.4 Å². The van der Waals surface area contributed by atoms with Crippen LogP contribution in [0.15, 0.2) is 96.2 Å². The Labute approximate surface area is 212 Å². The third kappa shape index (κ3) is 6.64. The van der Waals surface area contributed by atoms with Gasteiger partial charge in [-0.15, -0.1) is 0 Å². The molecular weight excluding hydrogens is 450 g/mol. The summed E-state index contributed by atoms with van der Waals surface area (Å²) in [5, 5.41) is 3.98. The van der Waals surface area contributed by atoms with Crippen LogP contribution < -0.4 is 5.32 Å². The lowest BCUT2D eigenvalue weighted by atomic mass is 10.0. The molecule has 35 heavy (non-hydrogen) atoms. The van der Waals surface area contributed by atoms with Gasteiger partial charge in [-0.3, -0.25) is 9.36 Å². The number of carbonyl (C=O) groups is 1. The lowest BCUT2D eigenvalue weighted by Gasteiger charge is -2.13. The second kappa shape index (κ2) is 13.0. The van der Waals surface area contributed by atoms with Gasteiger partial charge in [0.15, 0.2) is 5.16 Å². The maximum Gasteiger partial charge on any atom is 0.220 e. The number of imidazole rings is 1. The second-order valence-electron chi connectivity index (χ2n) is 8.50. The summed E-state index contributed by atoms with van der Waals surface area (Å²) in [6.45, 7) is 2.95. The summed E-state index contributed by atoms with van der Waals surface area (Å²) in [4.78, 5) is 17.3. The highest BCUT2D eigenvalue weighted by molar-refractivity contribution is 7.99. The maximum atomic E-state index is 12.2. The van der Waals surface area contributed by atoms with Crippen molar-refractivity contribution in [1.29, 1.82) is 0 Å². The fourth-order valence-corrected chi connectivity index (χ4v) is 5.01. The van der Waals surface area contributed by atoms with Gasteiger partial charge >= 0.3 is 0 Å². The number of amides is 1.